The van der Waals surface area contributed by atoms with Crippen LogP contribution in [-0.2, 0) is 16.2 Å². The highest BCUT2D eigenvalue weighted by atomic mass is 16.6. The van der Waals surface area contributed by atoms with Gasteiger partial charge in [0.2, 0.25) is 0 Å². The Bertz CT molecular complexity index is 246. The minimum Gasteiger partial charge on any atom is -0.380 e. The summed E-state index contributed by atoms with van der Waals surface area (Å²) in [7, 11) is 1.68. The van der Waals surface area contributed by atoms with E-state index in [-0.39, 0.29) is 6.10 Å². The van der Waals surface area contributed by atoms with Crippen molar-refractivity contribution in [2.24, 2.45) is 5.90 Å². The molecule has 1 unspecified atom stereocenters. The fraction of sp³-hybridized carbons (Fsp3) is 0.400. The maximum atomic E-state index is 5.08. The van der Waals surface area contributed by atoms with E-state index in [1.54, 1.807) is 7.11 Å². The molecule has 0 aliphatic carbocycles. The van der Waals surface area contributed by atoms with Crippen molar-refractivity contribution in [3.05, 3.63) is 35.4 Å². The largest absolute Gasteiger partial charge is 0.380 e. The van der Waals surface area contributed by atoms with Gasteiger partial charge in [-0.05, 0) is 18.1 Å². The van der Waals surface area contributed by atoms with Gasteiger partial charge in [0.1, 0.15) is 6.10 Å². The van der Waals surface area contributed by atoms with Crippen molar-refractivity contribution in [1.82, 2.24) is 0 Å². The lowest BCUT2D eigenvalue weighted by Crippen LogP contribution is -2.05. The Morgan fingerprint density at radius 2 is 1.92 bits per heavy atom. The molecular weight excluding hydrogens is 166 g/mol. The molecule has 1 aromatic carbocycles. The van der Waals surface area contributed by atoms with E-state index in [1.807, 2.05) is 31.2 Å². The van der Waals surface area contributed by atoms with Gasteiger partial charge in [0.05, 0.1) is 6.61 Å². The molecule has 72 valence electrons. The van der Waals surface area contributed by atoms with Gasteiger partial charge in [-0.25, -0.2) is 5.90 Å². The van der Waals surface area contributed by atoms with Gasteiger partial charge in [-0.2, -0.15) is 0 Å². The highest BCUT2D eigenvalue weighted by Gasteiger charge is 2.02. The first-order chi connectivity index (χ1) is 6.27. The second kappa shape index (κ2) is 4.97. The fourth-order valence-electron chi connectivity index (χ4n) is 1.13. The van der Waals surface area contributed by atoms with E-state index in [4.69, 9.17) is 15.5 Å². The van der Waals surface area contributed by atoms with E-state index in [9.17, 15) is 0 Å². The Morgan fingerprint density at radius 3 is 2.38 bits per heavy atom. The molecule has 1 atom stereocenters. The summed E-state index contributed by atoms with van der Waals surface area (Å²) in [5.74, 6) is 5.08. The van der Waals surface area contributed by atoms with Crippen LogP contribution in [0, 0.1) is 0 Å². The predicted molar refractivity (Wildman–Crippen MR) is 50.8 cm³/mol. The fourth-order valence-corrected chi connectivity index (χ4v) is 1.13. The average molecular weight is 181 g/mol. The highest BCUT2D eigenvalue weighted by molar-refractivity contribution is 5.23. The van der Waals surface area contributed by atoms with E-state index >= 15 is 0 Å². The van der Waals surface area contributed by atoms with Crippen LogP contribution in [0.3, 0.4) is 0 Å². The van der Waals surface area contributed by atoms with Crippen molar-refractivity contribution < 1.29 is 9.57 Å². The van der Waals surface area contributed by atoms with E-state index in [0.29, 0.717) is 6.61 Å². The van der Waals surface area contributed by atoms with Gasteiger partial charge >= 0.3 is 0 Å². The SMILES string of the molecule is COCc1ccc(C(C)ON)cc1. The lowest BCUT2D eigenvalue weighted by Gasteiger charge is -2.09. The van der Waals surface area contributed by atoms with Crippen LogP contribution in [0.25, 0.3) is 0 Å². The molecule has 0 aliphatic heterocycles. The highest BCUT2D eigenvalue weighted by Crippen LogP contribution is 2.15. The molecule has 1 aromatic rings. The second-order valence-electron chi connectivity index (χ2n) is 2.95. The molecule has 0 radical (unpaired) electrons. The molecule has 0 spiro atoms. The minimum absolute atomic E-state index is 0.0587. The molecule has 0 bridgehead atoms. The average Bonchev–Trinajstić information content (AvgIpc) is 2.18. The van der Waals surface area contributed by atoms with Crippen LogP contribution in [0.2, 0.25) is 0 Å². The number of nitrogens with two attached hydrogens (primary N) is 1. The predicted octanol–water partition coefficient (Wildman–Crippen LogP) is 1.78. The molecule has 3 heteroatoms. The van der Waals surface area contributed by atoms with Gasteiger partial charge in [-0.1, -0.05) is 24.3 Å². The Kier molecular flexibility index (Phi) is 3.89. The summed E-state index contributed by atoms with van der Waals surface area (Å²) >= 11 is 0. The maximum absolute atomic E-state index is 5.08. The van der Waals surface area contributed by atoms with Crippen molar-refractivity contribution in [3.63, 3.8) is 0 Å². The quantitative estimate of drug-likeness (QED) is 0.720. The zero-order valence-electron chi connectivity index (χ0n) is 7.99. The van der Waals surface area contributed by atoms with Crippen LogP contribution >= 0.6 is 0 Å². The molecule has 0 aliphatic rings. The molecular formula is C10H15NO2. The van der Waals surface area contributed by atoms with Crippen LogP contribution in [0.5, 0.6) is 0 Å². The number of hydrogen-bond donors (Lipinski definition) is 1. The summed E-state index contributed by atoms with van der Waals surface area (Å²) in [6, 6.07) is 8.00. The number of ether oxygens (including phenoxy) is 1. The molecule has 2 N–H and O–H groups in total. The lowest BCUT2D eigenvalue weighted by atomic mass is 10.1. The molecule has 0 amide bonds. The third kappa shape index (κ3) is 2.81. The van der Waals surface area contributed by atoms with Crippen LogP contribution in [0.1, 0.15) is 24.2 Å². The molecule has 13 heavy (non-hydrogen) atoms. The second-order valence-corrected chi connectivity index (χ2v) is 2.95. The van der Waals surface area contributed by atoms with Gasteiger partial charge in [-0.3, -0.25) is 4.84 Å². The van der Waals surface area contributed by atoms with Gasteiger partial charge < -0.3 is 4.74 Å². The molecule has 0 saturated carbocycles. The van der Waals surface area contributed by atoms with Crippen molar-refractivity contribution >= 4 is 0 Å². The van der Waals surface area contributed by atoms with E-state index in [0.717, 1.165) is 11.1 Å². The topological polar surface area (TPSA) is 44.5 Å². The van der Waals surface area contributed by atoms with E-state index in [1.165, 1.54) is 0 Å². The number of benzene rings is 1. The first-order valence-electron chi connectivity index (χ1n) is 4.21. The standard InChI is InChI=1S/C10H15NO2/c1-8(13-11)10-5-3-9(4-6-10)7-12-2/h3-6,8H,7,11H2,1-2H3. The van der Waals surface area contributed by atoms with E-state index in [2.05, 4.69) is 0 Å². The monoisotopic (exact) mass is 181 g/mol. The summed E-state index contributed by atoms with van der Waals surface area (Å²) in [6.07, 6.45) is -0.0587. The molecule has 0 heterocycles. The van der Waals surface area contributed by atoms with Crippen LogP contribution < -0.4 is 5.90 Å². The van der Waals surface area contributed by atoms with Crippen molar-refractivity contribution in [2.75, 3.05) is 7.11 Å². The van der Waals surface area contributed by atoms with Gasteiger partial charge in [-0.15, -0.1) is 0 Å². The Balaban J connectivity index is 2.69. The maximum Gasteiger partial charge on any atom is 0.101 e. The molecule has 3 nitrogen and oxygen atoms in total. The van der Waals surface area contributed by atoms with Crippen LogP contribution in [0.15, 0.2) is 24.3 Å². The third-order valence-electron chi connectivity index (χ3n) is 1.96. The van der Waals surface area contributed by atoms with Crippen molar-refractivity contribution in [2.45, 2.75) is 19.6 Å². The molecule has 0 fully saturated rings. The third-order valence-corrected chi connectivity index (χ3v) is 1.96. The zero-order valence-corrected chi connectivity index (χ0v) is 7.99. The molecule has 1 rings (SSSR count). The van der Waals surface area contributed by atoms with Crippen LogP contribution in [0.4, 0.5) is 0 Å². The van der Waals surface area contributed by atoms with E-state index < -0.39 is 0 Å². The van der Waals surface area contributed by atoms with Gasteiger partial charge in [0.25, 0.3) is 0 Å². The number of hydrogen-bond acceptors (Lipinski definition) is 3. The first-order valence-corrected chi connectivity index (χ1v) is 4.21. The van der Waals surface area contributed by atoms with Crippen molar-refractivity contribution in [3.8, 4) is 0 Å². The van der Waals surface area contributed by atoms with Crippen molar-refractivity contribution in [1.29, 1.82) is 0 Å². The summed E-state index contributed by atoms with van der Waals surface area (Å²) in [5.41, 5.74) is 2.22. The Hall–Kier alpha value is -0.900. The Morgan fingerprint density at radius 1 is 1.31 bits per heavy atom. The number of methoxy groups -OCH3 is 1. The molecule has 0 aromatic heterocycles. The molecule has 0 saturated heterocycles. The zero-order chi connectivity index (χ0) is 9.68. The summed E-state index contributed by atoms with van der Waals surface area (Å²) in [6.45, 7) is 2.55. The normalized spacial score (nSPS) is 12.8. The van der Waals surface area contributed by atoms with Crippen LogP contribution in [-0.4, -0.2) is 7.11 Å². The minimum atomic E-state index is -0.0587. The summed E-state index contributed by atoms with van der Waals surface area (Å²) in [5, 5.41) is 0. The smallest absolute Gasteiger partial charge is 0.101 e. The summed E-state index contributed by atoms with van der Waals surface area (Å²) < 4.78 is 5.00. The lowest BCUT2D eigenvalue weighted by molar-refractivity contribution is 0.0664. The summed E-state index contributed by atoms with van der Waals surface area (Å²) in [4.78, 5) is 4.70. The number of rotatable bonds is 4. The Labute approximate surface area is 78.4 Å². The first kappa shape index (κ1) is 10.2. The van der Waals surface area contributed by atoms with Gasteiger partial charge in [0, 0.05) is 7.11 Å². The van der Waals surface area contributed by atoms with Gasteiger partial charge in [0.15, 0.2) is 0 Å².